The lowest BCUT2D eigenvalue weighted by molar-refractivity contribution is -0.144. The molecule has 1 aliphatic rings. The van der Waals surface area contributed by atoms with Crippen LogP contribution in [0.1, 0.15) is 30.9 Å². The molecule has 0 radical (unpaired) electrons. The molecule has 2 unspecified atom stereocenters. The van der Waals surface area contributed by atoms with E-state index in [-0.39, 0.29) is 18.2 Å². The molecule has 4 aromatic heterocycles. The van der Waals surface area contributed by atoms with Gasteiger partial charge in [0.05, 0.1) is 29.3 Å². The van der Waals surface area contributed by atoms with Gasteiger partial charge in [0.25, 0.3) is 5.91 Å². The van der Waals surface area contributed by atoms with Crippen LogP contribution in [0.15, 0.2) is 58.1 Å². The van der Waals surface area contributed by atoms with Crippen LogP contribution in [0.4, 0.5) is 5.95 Å². The molecule has 1 fully saturated rings. The van der Waals surface area contributed by atoms with E-state index in [2.05, 4.69) is 30.4 Å². The van der Waals surface area contributed by atoms with Crippen molar-refractivity contribution in [1.82, 2.24) is 30.0 Å². The third-order valence-corrected chi connectivity index (χ3v) is 5.58. The minimum absolute atomic E-state index is 0.106. The van der Waals surface area contributed by atoms with Crippen molar-refractivity contribution in [2.75, 3.05) is 18.9 Å². The maximum Gasteiger partial charge on any atom is 0.262 e. The molecule has 11 nitrogen and oxygen atoms in total. The molecule has 168 valence electrons. The number of likely N-dealkylation sites (N-methyl/N-ethyl adjacent to an activating group) is 1. The summed E-state index contributed by atoms with van der Waals surface area (Å²) in [4.78, 5) is 31.2. The predicted octanol–water partition coefficient (Wildman–Crippen LogP) is 2.40. The minimum Gasteiger partial charge on any atom is -0.446 e. The number of hydrogen-bond donors (Lipinski definition) is 2. The van der Waals surface area contributed by atoms with E-state index >= 15 is 0 Å². The molecule has 11 heteroatoms. The number of aliphatic hydroxyl groups is 1. The molecule has 4 aromatic rings. The molecular weight excluding hydrogens is 426 g/mol. The van der Waals surface area contributed by atoms with Crippen molar-refractivity contribution in [3.63, 3.8) is 0 Å². The van der Waals surface area contributed by atoms with Gasteiger partial charge in [-0.15, -0.1) is 0 Å². The first kappa shape index (κ1) is 20.8. The summed E-state index contributed by atoms with van der Waals surface area (Å²) >= 11 is 0. The highest BCUT2D eigenvalue weighted by Gasteiger charge is 2.48. The summed E-state index contributed by atoms with van der Waals surface area (Å²) < 4.78 is 10.6. The Hall–Kier alpha value is -4.12. The highest BCUT2D eigenvalue weighted by Crippen LogP contribution is 2.34. The Bertz CT molecular complexity index is 1290. The Morgan fingerprint density at radius 2 is 1.97 bits per heavy atom. The summed E-state index contributed by atoms with van der Waals surface area (Å²) in [6, 6.07) is 8.54. The molecule has 1 amide bonds. The van der Waals surface area contributed by atoms with E-state index in [9.17, 15) is 9.90 Å². The van der Waals surface area contributed by atoms with Gasteiger partial charge < -0.3 is 24.3 Å². The van der Waals surface area contributed by atoms with Crippen molar-refractivity contribution in [3.05, 3.63) is 60.6 Å². The van der Waals surface area contributed by atoms with Crippen LogP contribution in [0.25, 0.3) is 22.8 Å². The lowest BCUT2D eigenvalue weighted by Crippen LogP contribution is -2.35. The van der Waals surface area contributed by atoms with E-state index in [0.29, 0.717) is 41.0 Å². The number of amides is 1. The number of hydrogen-bond acceptors (Lipinski definition) is 10. The maximum absolute atomic E-state index is 12.3. The summed E-state index contributed by atoms with van der Waals surface area (Å²) in [5.74, 6) is 0.777. The van der Waals surface area contributed by atoms with Gasteiger partial charge in [-0.25, -0.2) is 19.9 Å². The first-order valence-electron chi connectivity index (χ1n) is 10.3. The lowest BCUT2D eigenvalue weighted by atomic mass is 9.98. The van der Waals surface area contributed by atoms with Crippen molar-refractivity contribution in [1.29, 1.82) is 0 Å². The van der Waals surface area contributed by atoms with Gasteiger partial charge in [-0.05, 0) is 25.1 Å². The highest BCUT2D eigenvalue weighted by atomic mass is 16.5. The molecule has 2 N–H and O–H groups in total. The number of nitrogens with one attached hydrogen (secondary N) is 1. The normalized spacial score (nSPS) is 19.1. The van der Waals surface area contributed by atoms with E-state index in [1.807, 2.05) is 19.1 Å². The van der Waals surface area contributed by atoms with Crippen molar-refractivity contribution in [3.8, 4) is 22.8 Å². The first-order valence-corrected chi connectivity index (χ1v) is 10.3. The number of likely N-dealkylation sites (tertiary alicyclic amines) is 1. The van der Waals surface area contributed by atoms with Crippen molar-refractivity contribution >= 4 is 11.9 Å². The van der Waals surface area contributed by atoms with Gasteiger partial charge in [0, 0.05) is 32.3 Å². The minimum atomic E-state index is -1.70. The fourth-order valence-corrected chi connectivity index (χ4v) is 3.67. The first-order chi connectivity index (χ1) is 15.9. The fraction of sp³-hybridized carbons (Fsp3) is 0.273. The van der Waals surface area contributed by atoms with Crippen molar-refractivity contribution in [2.45, 2.75) is 25.0 Å². The molecule has 0 aliphatic carbocycles. The molecule has 1 aliphatic heterocycles. The van der Waals surface area contributed by atoms with Gasteiger partial charge in [-0.3, -0.25) is 4.79 Å². The largest absolute Gasteiger partial charge is 0.446 e. The average Bonchev–Trinajstić information content (AvgIpc) is 3.59. The molecule has 0 spiro atoms. The SMILES string of the molecule is CC(Nc1nccc(-c2cccc(-c3cc(C4(O)CCN(C)C4=O)on3)n2)n1)c1cnco1. The zero-order valence-corrected chi connectivity index (χ0v) is 18.0. The quantitative estimate of drug-likeness (QED) is 0.452. The summed E-state index contributed by atoms with van der Waals surface area (Å²) in [5.41, 5.74) is 0.437. The standard InChI is InChI=1S/C22H21N7O4/c1-13(18-11-23-12-32-18)25-21-24-8-6-16(27-21)14-4-3-5-15(26-14)17-10-19(33-28-17)22(31)7-9-29(2)20(22)30/h3-6,8,10-13,31H,7,9H2,1-2H3,(H,24,25,27). The van der Waals surface area contributed by atoms with Gasteiger partial charge >= 0.3 is 0 Å². The molecule has 33 heavy (non-hydrogen) atoms. The Morgan fingerprint density at radius 1 is 1.18 bits per heavy atom. The second kappa shape index (κ2) is 8.10. The van der Waals surface area contributed by atoms with Crippen LogP contribution in [-0.4, -0.2) is 54.6 Å². The third kappa shape index (κ3) is 3.82. The number of anilines is 1. The van der Waals surface area contributed by atoms with Gasteiger partial charge in [0.2, 0.25) is 11.5 Å². The number of oxazole rings is 1. The van der Waals surface area contributed by atoms with Gasteiger partial charge in [0.1, 0.15) is 11.5 Å². The smallest absolute Gasteiger partial charge is 0.262 e. The molecule has 0 aromatic carbocycles. The number of carbonyl (C=O) groups is 1. The lowest BCUT2D eigenvalue weighted by Gasteiger charge is -2.16. The average molecular weight is 447 g/mol. The molecule has 5 heterocycles. The van der Waals surface area contributed by atoms with Gasteiger partial charge in [-0.2, -0.15) is 0 Å². The van der Waals surface area contributed by atoms with E-state index < -0.39 is 11.5 Å². The Kier molecular flexibility index (Phi) is 5.09. The number of carbonyl (C=O) groups excluding carboxylic acids is 1. The topological polar surface area (TPSA) is 143 Å². The van der Waals surface area contributed by atoms with Crippen LogP contribution in [0.2, 0.25) is 0 Å². The number of rotatable bonds is 6. The molecule has 5 rings (SSSR count). The Balaban J connectivity index is 1.39. The number of aromatic nitrogens is 5. The van der Waals surface area contributed by atoms with Crippen LogP contribution in [0.3, 0.4) is 0 Å². The van der Waals surface area contributed by atoms with E-state index in [4.69, 9.17) is 8.94 Å². The van der Waals surface area contributed by atoms with E-state index in [1.165, 1.54) is 11.3 Å². The number of pyridine rings is 1. The molecular formula is C22H21N7O4. The van der Waals surface area contributed by atoms with Gasteiger partial charge in [-0.1, -0.05) is 11.2 Å². The highest BCUT2D eigenvalue weighted by molar-refractivity contribution is 5.87. The fourth-order valence-electron chi connectivity index (χ4n) is 3.67. The molecule has 0 saturated carbocycles. The second-order valence-corrected chi connectivity index (χ2v) is 7.86. The van der Waals surface area contributed by atoms with Gasteiger partial charge in [0.15, 0.2) is 12.2 Å². The van der Waals surface area contributed by atoms with Crippen molar-refractivity contribution < 1.29 is 18.8 Å². The Labute approximate surface area is 188 Å². The number of nitrogens with zero attached hydrogens (tertiary/aromatic N) is 6. The summed E-state index contributed by atoms with van der Waals surface area (Å²) in [6.07, 6.45) is 4.88. The van der Waals surface area contributed by atoms with E-state index in [0.717, 1.165) is 0 Å². The molecule has 0 bridgehead atoms. The zero-order valence-electron chi connectivity index (χ0n) is 18.0. The van der Waals surface area contributed by atoms with Crippen LogP contribution >= 0.6 is 0 Å². The third-order valence-electron chi connectivity index (χ3n) is 5.58. The molecule has 1 saturated heterocycles. The molecule has 2 atom stereocenters. The summed E-state index contributed by atoms with van der Waals surface area (Å²) in [6.45, 7) is 2.36. The van der Waals surface area contributed by atoms with Crippen LogP contribution in [-0.2, 0) is 10.4 Å². The zero-order chi connectivity index (χ0) is 23.0. The van der Waals surface area contributed by atoms with Crippen LogP contribution < -0.4 is 5.32 Å². The monoisotopic (exact) mass is 447 g/mol. The summed E-state index contributed by atoms with van der Waals surface area (Å²) in [5, 5.41) is 18.0. The second-order valence-electron chi connectivity index (χ2n) is 7.86. The van der Waals surface area contributed by atoms with Crippen LogP contribution in [0.5, 0.6) is 0 Å². The Morgan fingerprint density at radius 3 is 2.70 bits per heavy atom. The maximum atomic E-state index is 12.3. The van der Waals surface area contributed by atoms with Crippen LogP contribution in [0, 0.1) is 0 Å². The van der Waals surface area contributed by atoms with Crippen molar-refractivity contribution in [2.24, 2.45) is 0 Å². The predicted molar refractivity (Wildman–Crippen MR) is 115 cm³/mol. The van der Waals surface area contributed by atoms with E-state index in [1.54, 1.807) is 37.6 Å². The summed E-state index contributed by atoms with van der Waals surface area (Å²) in [7, 11) is 1.64.